The number of unbranched alkanes of at least 4 members (excludes halogenated alkanes) is 1. The van der Waals surface area contributed by atoms with E-state index in [1.54, 1.807) is 11.8 Å². The van der Waals surface area contributed by atoms with Crippen molar-refractivity contribution >= 4 is 11.9 Å². The molecule has 1 aliphatic heterocycles. The summed E-state index contributed by atoms with van der Waals surface area (Å²) in [6.45, 7) is 5.42. The molecule has 1 saturated heterocycles. The van der Waals surface area contributed by atoms with E-state index in [0.29, 0.717) is 19.7 Å². The quantitative estimate of drug-likeness (QED) is 0.738. The number of nitrogens with zero attached hydrogens (tertiary/aromatic N) is 1. The third kappa shape index (κ3) is 4.82. The highest BCUT2D eigenvalue weighted by atomic mass is 16.5. The standard InChI is InChI=1S/C14H26N2O3/c1-3-5-8-12(15)13(17)16-9-6-7-11(10-16)14(18)19-4-2/h11-12H,3-10,15H2,1-2H3/t11?,12-/m0/s1. The molecule has 19 heavy (non-hydrogen) atoms. The molecule has 0 spiro atoms. The molecule has 1 fully saturated rings. The summed E-state index contributed by atoms with van der Waals surface area (Å²) in [5.74, 6) is -0.402. The van der Waals surface area contributed by atoms with Crippen LogP contribution in [0.5, 0.6) is 0 Å². The van der Waals surface area contributed by atoms with Crippen LogP contribution in [0.15, 0.2) is 0 Å². The zero-order valence-electron chi connectivity index (χ0n) is 12.1. The Hall–Kier alpha value is -1.10. The fraction of sp³-hybridized carbons (Fsp3) is 0.857. The van der Waals surface area contributed by atoms with Gasteiger partial charge < -0.3 is 15.4 Å². The number of hydrogen-bond donors (Lipinski definition) is 1. The van der Waals surface area contributed by atoms with Crippen molar-refractivity contribution in [1.82, 2.24) is 4.90 Å². The summed E-state index contributed by atoms with van der Waals surface area (Å²) >= 11 is 0. The van der Waals surface area contributed by atoms with E-state index in [1.807, 2.05) is 0 Å². The average Bonchev–Trinajstić information content (AvgIpc) is 2.44. The molecule has 5 nitrogen and oxygen atoms in total. The third-order valence-electron chi connectivity index (χ3n) is 3.54. The Balaban J connectivity index is 2.49. The smallest absolute Gasteiger partial charge is 0.310 e. The van der Waals surface area contributed by atoms with Gasteiger partial charge in [0.2, 0.25) is 5.91 Å². The Labute approximate surface area is 115 Å². The Kier molecular flexibility index (Phi) is 6.84. The molecule has 0 aliphatic carbocycles. The second-order valence-corrected chi connectivity index (χ2v) is 5.12. The summed E-state index contributed by atoms with van der Waals surface area (Å²) in [6, 6.07) is -0.430. The molecule has 0 radical (unpaired) electrons. The molecule has 1 heterocycles. The van der Waals surface area contributed by atoms with Crippen LogP contribution in [-0.2, 0) is 14.3 Å². The second kappa shape index (κ2) is 8.15. The summed E-state index contributed by atoms with van der Waals surface area (Å²) in [6.07, 6.45) is 4.35. The largest absolute Gasteiger partial charge is 0.466 e. The van der Waals surface area contributed by atoms with Crippen LogP contribution in [0, 0.1) is 5.92 Å². The number of amides is 1. The van der Waals surface area contributed by atoms with Gasteiger partial charge in [-0.2, -0.15) is 0 Å². The van der Waals surface area contributed by atoms with Crippen LogP contribution in [0.25, 0.3) is 0 Å². The number of rotatable bonds is 6. The van der Waals surface area contributed by atoms with Gasteiger partial charge in [0.1, 0.15) is 0 Å². The maximum absolute atomic E-state index is 12.2. The maximum atomic E-state index is 12.2. The number of nitrogens with two attached hydrogens (primary N) is 1. The lowest BCUT2D eigenvalue weighted by atomic mass is 9.97. The van der Waals surface area contributed by atoms with Gasteiger partial charge in [0, 0.05) is 13.1 Å². The molecule has 0 aromatic heterocycles. The summed E-state index contributed by atoms with van der Waals surface area (Å²) in [5, 5.41) is 0. The minimum atomic E-state index is -0.430. The van der Waals surface area contributed by atoms with Crippen LogP contribution < -0.4 is 5.73 Å². The molecule has 0 saturated carbocycles. The molecule has 1 amide bonds. The highest BCUT2D eigenvalue weighted by Gasteiger charge is 2.31. The number of esters is 1. The molecule has 5 heteroatoms. The molecule has 2 atom stereocenters. The van der Waals surface area contributed by atoms with Gasteiger partial charge in [-0.1, -0.05) is 19.8 Å². The molecule has 0 aromatic rings. The van der Waals surface area contributed by atoms with E-state index in [0.717, 1.165) is 32.1 Å². The van der Waals surface area contributed by atoms with Crippen LogP contribution in [0.3, 0.4) is 0 Å². The first kappa shape index (κ1) is 16.0. The molecular formula is C14H26N2O3. The van der Waals surface area contributed by atoms with Crippen molar-refractivity contribution in [2.45, 2.75) is 52.0 Å². The summed E-state index contributed by atoms with van der Waals surface area (Å²) < 4.78 is 5.03. The van der Waals surface area contributed by atoms with Crippen LogP contribution in [0.1, 0.15) is 46.0 Å². The Morgan fingerprint density at radius 1 is 1.42 bits per heavy atom. The number of carbonyl (C=O) groups is 2. The van der Waals surface area contributed by atoms with Gasteiger partial charge in [0.15, 0.2) is 0 Å². The fourth-order valence-corrected chi connectivity index (χ4v) is 2.41. The van der Waals surface area contributed by atoms with E-state index in [2.05, 4.69) is 6.92 Å². The van der Waals surface area contributed by atoms with Gasteiger partial charge in [0.25, 0.3) is 0 Å². The number of hydrogen-bond acceptors (Lipinski definition) is 4. The van der Waals surface area contributed by atoms with Crippen LogP contribution >= 0.6 is 0 Å². The number of likely N-dealkylation sites (tertiary alicyclic amines) is 1. The lowest BCUT2D eigenvalue weighted by Gasteiger charge is -2.33. The highest BCUT2D eigenvalue weighted by molar-refractivity contribution is 5.82. The minimum Gasteiger partial charge on any atom is -0.466 e. The fourth-order valence-electron chi connectivity index (χ4n) is 2.41. The molecule has 0 bridgehead atoms. The van der Waals surface area contributed by atoms with Crippen molar-refractivity contribution in [2.24, 2.45) is 11.7 Å². The first-order valence-electron chi connectivity index (χ1n) is 7.31. The number of piperidine rings is 1. The van der Waals surface area contributed by atoms with Crippen molar-refractivity contribution in [2.75, 3.05) is 19.7 Å². The predicted molar refractivity (Wildman–Crippen MR) is 73.4 cm³/mol. The zero-order valence-corrected chi connectivity index (χ0v) is 12.1. The molecule has 0 aromatic carbocycles. The van der Waals surface area contributed by atoms with Crippen LogP contribution in [0.4, 0.5) is 0 Å². The van der Waals surface area contributed by atoms with Gasteiger partial charge in [-0.15, -0.1) is 0 Å². The van der Waals surface area contributed by atoms with Gasteiger partial charge in [0.05, 0.1) is 18.6 Å². The predicted octanol–water partition coefficient (Wildman–Crippen LogP) is 1.31. The summed E-state index contributed by atoms with van der Waals surface area (Å²) in [4.78, 5) is 25.6. The topological polar surface area (TPSA) is 72.6 Å². The number of ether oxygens (including phenoxy) is 1. The zero-order chi connectivity index (χ0) is 14.3. The van der Waals surface area contributed by atoms with Crippen molar-refractivity contribution in [1.29, 1.82) is 0 Å². The van der Waals surface area contributed by atoms with E-state index >= 15 is 0 Å². The van der Waals surface area contributed by atoms with Gasteiger partial charge >= 0.3 is 5.97 Å². The molecule has 1 unspecified atom stereocenters. The van der Waals surface area contributed by atoms with E-state index in [9.17, 15) is 9.59 Å². The Morgan fingerprint density at radius 3 is 2.79 bits per heavy atom. The molecule has 110 valence electrons. The lowest BCUT2D eigenvalue weighted by Crippen LogP contribution is -2.49. The normalized spacial score (nSPS) is 21.0. The lowest BCUT2D eigenvalue weighted by molar-refractivity contribution is -0.151. The Morgan fingerprint density at radius 2 is 2.16 bits per heavy atom. The van der Waals surface area contributed by atoms with Crippen LogP contribution in [-0.4, -0.2) is 42.5 Å². The van der Waals surface area contributed by atoms with Crippen molar-refractivity contribution < 1.29 is 14.3 Å². The first-order chi connectivity index (χ1) is 9.10. The summed E-state index contributed by atoms with van der Waals surface area (Å²) in [5.41, 5.74) is 5.91. The Bertz CT molecular complexity index is 307. The SMILES string of the molecule is CCCC[C@H](N)C(=O)N1CCCC(C(=O)OCC)C1. The molecule has 1 rings (SSSR count). The van der Waals surface area contributed by atoms with Gasteiger partial charge in [-0.25, -0.2) is 0 Å². The van der Waals surface area contributed by atoms with Crippen molar-refractivity contribution in [3.8, 4) is 0 Å². The van der Waals surface area contributed by atoms with Gasteiger partial charge in [-0.05, 0) is 26.2 Å². The summed E-state index contributed by atoms with van der Waals surface area (Å²) in [7, 11) is 0. The van der Waals surface area contributed by atoms with Crippen molar-refractivity contribution in [3.05, 3.63) is 0 Å². The third-order valence-corrected chi connectivity index (χ3v) is 3.54. The molecule has 1 aliphatic rings. The van der Waals surface area contributed by atoms with Gasteiger partial charge in [-0.3, -0.25) is 9.59 Å². The first-order valence-corrected chi connectivity index (χ1v) is 7.31. The van der Waals surface area contributed by atoms with E-state index < -0.39 is 6.04 Å². The monoisotopic (exact) mass is 270 g/mol. The van der Waals surface area contributed by atoms with E-state index in [4.69, 9.17) is 10.5 Å². The minimum absolute atomic E-state index is 0.0255. The highest BCUT2D eigenvalue weighted by Crippen LogP contribution is 2.19. The average molecular weight is 270 g/mol. The molecular weight excluding hydrogens is 244 g/mol. The van der Waals surface area contributed by atoms with Crippen molar-refractivity contribution in [3.63, 3.8) is 0 Å². The van der Waals surface area contributed by atoms with E-state index in [-0.39, 0.29) is 17.8 Å². The van der Waals surface area contributed by atoms with E-state index in [1.165, 1.54) is 0 Å². The maximum Gasteiger partial charge on any atom is 0.310 e. The number of carbonyl (C=O) groups excluding carboxylic acids is 2. The molecule has 2 N–H and O–H groups in total. The second-order valence-electron chi connectivity index (χ2n) is 5.12. The van der Waals surface area contributed by atoms with Crippen LogP contribution in [0.2, 0.25) is 0 Å².